The molecular formula is C16H16ClFO2. The Hall–Kier alpha value is -1.58. The molecule has 1 atom stereocenters. The van der Waals surface area contributed by atoms with Crippen LogP contribution in [0.25, 0.3) is 0 Å². The lowest BCUT2D eigenvalue weighted by molar-refractivity contribution is 0.173. The monoisotopic (exact) mass is 294 g/mol. The first-order valence-corrected chi connectivity index (χ1v) is 6.65. The Labute approximate surface area is 122 Å². The van der Waals surface area contributed by atoms with Gasteiger partial charge in [-0.15, -0.1) is 0 Å². The third-order valence-electron chi connectivity index (χ3n) is 3.28. The van der Waals surface area contributed by atoms with Gasteiger partial charge in [0.05, 0.1) is 13.2 Å². The van der Waals surface area contributed by atoms with Gasteiger partial charge >= 0.3 is 0 Å². The molecule has 2 aromatic rings. The maximum Gasteiger partial charge on any atom is 0.124 e. The van der Waals surface area contributed by atoms with Crippen LogP contribution in [0.2, 0.25) is 5.02 Å². The van der Waals surface area contributed by atoms with E-state index in [9.17, 15) is 9.50 Å². The summed E-state index contributed by atoms with van der Waals surface area (Å²) >= 11 is 5.95. The maximum absolute atomic E-state index is 13.3. The summed E-state index contributed by atoms with van der Waals surface area (Å²) < 4.78 is 18.5. The highest BCUT2D eigenvalue weighted by molar-refractivity contribution is 6.30. The lowest BCUT2D eigenvalue weighted by atomic mass is 9.97. The standard InChI is InChI=1S/C16H16ClFO2/c1-10-3-5-13(18)7-11(10)8-15(19)14-9-12(17)4-6-16(14)20-2/h3-7,9,15,19H,8H2,1-2H3. The van der Waals surface area contributed by atoms with Crippen molar-refractivity contribution in [3.63, 3.8) is 0 Å². The fourth-order valence-electron chi connectivity index (χ4n) is 2.14. The van der Waals surface area contributed by atoms with Gasteiger partial charge in [0.1, 0.15) is 11.6 Å². The van der Waals surface area contributed by atoms with Crippen molar-refractivity contribution >= 4 is 11.6 Å². The Bertz CT molecular complexity index is 613. The topological polar surface area (TPSA) is 29.5 Å². The minimum atomic E-state index is -0.802. The van der Waals surface area contributed by atoms with E-state index < -0.39 is 6.10 Å². The number of methoxy groups -OCH3 is 1. The quantitative estimate of drug-likeness (QED) is 0.921. The minimum absolute atomic E-state index is 0.306. The maximum atomic E-state index is 13.3. The predicted molar refractivity (Wildman–Crippen MR) is 77.8 cm³/mol. The largest absolute Gasteiger partial charge is 0.496 e. The average Bonchev–Trinajstić information content (AvgIpc) is 2.42. The zero-order valence-corrected chi connectivity index (χ0v) is 12.1. The van der Waals surface area contributed by atoms with E-state index in [0.717, 1.165) is 11.1 Å². The SMILES string of the molecule is COc1ccc(Cl)cc1C(O)Cc1cc(F)ccc1C. The third-order valence-corrected chi connectivity index (χ3v) is 3.51. The van der Waals surface area contributed by atoms with Gasteiger partial charge in [-0.1, -0.05) is 17.7 Å². The average molecular weight is 295 g/mol. The van der Waals surface area contributed by atoms with Gasteiger partial charge in [0.2, 0.25) is 0 Å². The van der Waals surface area contributed by atoms with E-state index in [4.69, 9.17) is 16.3 Å². The van der Waals surface area contributed by atoms with E-state index in [1.807, 2.05) is 6.92 Å². The van der Waals surface area contributed by atoms with Crippen LogP contribution in [0.4, 0.5) is 4.39 Å². The van der Waals surface area contributed by atoms with Gasteiger partial charge in [-0.25, -0.2) is 4.39 Å². The summed E-state index contributed by atoms with van der Waals surface area (Å²) in [7, 11) is 1.53. The first-order valence-electron chi connectivity index (χ1n) is 6.28. The summed E-state index contributed by atoms with van der Waals surface area (Å²) in [5.41, 5.74) is 2.30. The van der Waals surface area contributed by atoms with E-state index in [2.05, 4.69) is 0 Å². The molecule has 4 heteroatoms. The van der Waals surface area contributed by atoms with Crippen molar-refractivity contribution < 1.29 is 14.2 Å². The zero-order valence-electron chi connectivity index (χ0n) is 11.4. The molecule has 0 fully saturated rings. The highest BCUT2D eigenvalue weighted by atomic mass is 35.5. The van der Waals surface area contributed by atoms with Gasteiger partial charge in [-0.2, -0.15) is 0 Å². The number of halogens is 2. The van der Waals surface area contributed by atoms with Gasteiger partial charge in [-0.3, -0.25) is 0 Å². The second-order valence-corrected chi connectivity index (χ2v) is 5.11. The summed E-state index contributed by atoms with van der Waals surface area (Å²) in [5, 5.41) is 10.9. The van der Waals surface area contributed by atoms with Crippen LogP contribution in [0, 0.1) is 12.7 Å². The summed E-state index contributed by atoms with van der Waals surface area (Å²) in [6.07, 6.45) is -0.496. The van der Waals surface area contributed by atoms with Crippen molar-refractivity contribution in [3.8, 4) is 5.75 Å². The van der Waals surface area contributed by atoms with Crippen LogP contribution in [0.3, 0.4) is 0 Å². The molecule has 0 aliphatic heterocycles. The van der Waals surface area contributed by atoms with Gasteiger partial charge < -0.3 is 9.84 Å². The van der Waals surface area contributed by atoms with E-state index in [0.29, 0.717) is 22.8 Å². The molecule has 2 rings (SSSR count). The predicted octanol–water partition coefficient (Wildman–Crippen LogP) is 4.07. The molecule has 0 radical (unpaired) electrons. The fraction of sp³-hybridized carbons (Fsp3) is 0.250. The molecule has 106 valence electrons. The number of ether oxygens (including phenoxy) is 1. The smallest absolute Gasteiger partial charge is 0.124 e. The third kappa shape index (κ3) is 3.30. The van der Waals surface area contributed by atoms with E-state index in [1.54, 1.807) is 24.3 Å². The summed E-state index contributed by atoms with van der Waals surface area (Å²) in [6, 6.07) is 9.62. The Kier molecular flexibility index (Phi) is 4.63. The first kappa shape index (κ1) is 14.8. The van der Waals surface area contributed by atoms with Crippen molar-refractivity contribution in [3.05, 3.63) is 63.9 Å². The second kappa shape index (κ2) is 6.25. The van der Waals surface area contributed by atoms with Crippen molar-refractivity contribution in [2.75, 3.05) is 7.11 Å². The highest BCUT2D eigenvalue weighted by Crippen LogP contribution is 2.30. The number of hydrogen-bond acceptors (Lipinski definition) is 2. The lowest BCUT2D eigenvalue weighted by Gasteiger charge is -2.16. The Morgan fingerprint density at radius 2 is 2.00 bits per heavy atom. The van der Waals surface area contributed by atoms with Gasteiger partial charge in [0, 0.05) is 17.0 Å². The molecule has 0 saturated carbocycles. The van der Waals surface area contributed by atoms with Gasteiger partial charge in [-0.05, 0) is 48.4 Å². The van der Waals surface area contributed by atoms with Crippen molar-refractivity contribution in [1.29, 1.82) is 0 Å². The number of aryl methyl sites for hydroxylation is 1. The Morgan fingerprint density at radius 1 is 1.25 bits per heavy atom. The molecule has 0 aromatic heterocycles. The van der Waals surface area contributed by atoms with Gasteiger partial charge in [0.25, 0.3) is 0 Å². The number of rotatable bonds is 4. The van der Waals surface area contributed by atoms with Gasteiger partial charge in [0.15, 0.2) is 0 Å². The number of benzene rings is 2. The summed E-state index contributed by atoms with van der Waals surface area (Å²) in [5.74, 6) is 0.256. The lowest BCUT2D eigenvalue weighted by Crippen LogP contribution is -2.05. The van der Waals surface area contributed by atoms with Crippen LogP contribution < -0.4 is 4.74 Å². The van der Waals surface area contributed by atoms with E-state index in [-0.39, 0.29) is 5.82 Å². The Morgan fingerprint density at radius 3 is 2.70 bits per heavy atom. The number of aliphatic hydroxyl groups is 1. The zero-order chi connectivity index (χ0) is 14.7. The second-order valence-electron chi connectivity index (χ2n) is 4.68. The molecule has 20 heavy (non-hydrogen) atoms. The highest BCUT2D eigenvalue weighted by Gasteiger charge is 2.16. The number of aliphatic hydroxyl groups excluding tert-OH is 1. The molecule has 0 bridgehead atoms. The van der Waals surface area contributed by atoms with Crippen LogP contribution >= 0.6 is 11.6 Å². The molecule has 1 N–H and O–H groups in total. The fourth-order valence-corrected chi connectivity index (χ4v) is 2.32. The Balaban J connectivity index is 2.30. The van der Waals surface area contributed by atoms with Crippen molar-refractivity contribution in [2.45, 2.75) is 19.4 Å². The minimum Gasteiger partial charge on any atom is -0.496 e. The molecule has 2 aromatic carbocycles. The first-order chi connectivity index (χ1) is 9.51. The van der Waals surface area contributed by atoms with Crippen molar-refractivity contribution in [1.82, 2.24) is 0 Å². The van der Waals surface area contributed by atoms with E-state index >= 15 is 0 Å². The molecule has 2 nitrogen and oxygen atoms in total. The number of hydrogen-bond donors (Lipinski definition) is 1. The molecule has 0 amide bonds. The molecule has 0 aliphatic carbocycles. The van der Waals surface area contributed by atoms with Crippen LogP contribution in [-0.2, 0) is 6.42 Å². The van der Waals surface area contributed by atoms with Crippen LogP contribution in [0.15, 0.2) is 36.4 Å². The molecule has 0 aliphatic rings. The molecule has 1 unspecified atom stereocenters. The summed E-state index contributed by atoms with van der Waals surface area (Å²) in [4.78, 5) is 0. The van der Waals surface area contributed by atoms with Crippen LogP contribution in [0.5, 0.6) is 5.75 Å². The van der Waals surface area contributed by atoms with Crippen molar-refractivity contribution in [2.24, 2.45) is 0 Å². The molecule has 0 saturated heterocycles. The molecule has 0 spiro atoms. The molecule has 0 heterocycles. The normalized spacial score (nSPS) is 12.2. The van der Waals surface area contributed by atoms with Crippen LogP contribution in [-0.4, -0.2) is 12.2 Å². The summed E-state index contributed by atoms with van der Waals surface area (Å²) in [6.45, 7) is 1.89. The molecular weight excluding hydrogens is 279 g/mol. The van der Waals surface area contributed by atoms with E-state index in [1.165, 1.54) is 19.2 Å². The van der Waals surface area contributed by atoms with Crippen LogP contribution in [0.1, 0.15) is 22.8 Å².